The minimum absolute atomic E-state index is 0.207. The topological polar surface area (TPSA) is 64.6 Å². The van der Waals surface area contributed by atoms with Crippen LogP contribution in [0, 0.1) is 0 Å². The minimum atomic E-state index is -0.687. The number of nitrogens with zero attached hydrogens (tertiary/aromatic N) is 1. The van der Waals surface area contributed by atoms with Crippen molar-refractivity contribution in [3.05, 3.63) is 35.2 Å². The molecule has 0 fully saturated rings. The maximum Gasteiger partial charge on any atom is 0.314 e. The van der Waals surface area contributed by atoms with E-state index in [0.717, 1.165) is 28.1 Å². The van der Waals surface area contributed by atoms with Crippen LogP contribution in [0.4, 0.5) is 4.79 Å². The molecule has 5 nitrogen and oxygen atoms in total. The molecule has 2 aromatic rings. The van der Waals surface area contributed by atoms with E-state index in [0.29, 0.717) is 12.6 Å². The number of amides is 2. The van der Waals surface area contributed by atoms with Gasteiger partial charge in [0.05, 0.1) is 6.54 Å². The van der Waals surface area contributed by atoms with E-state index in [1.165, 1.54) is 0 Å². The highest BCUT2D eigenvalue weighted by atomic mass is 32.1. The van der Waals surface area contributed by atoms with Crippen molar-refractivity contribution >= 4 is 27.5 Å². The Morgan fingerprint density at radius 2 is 1.88 bits per heavy atom. The lowest BCUT2D eigenvalue weighted by atomic mass is 10.2. The molecule has 0 saturated heterocycles. The van der Waals surface area contributed by atoms with Crippen molar-refractivity contribution in [3.63, 3.8) is 0 Å². The molecule has 2 rings (SSSR count). The number of carbonyl (C=O) groups excluding carboxylic acids is 1. The fourth-order valence-corrected chi connectivity index (χ4v) is 3.79. The summed E-state index contributed by atoms with van der Waals surface area (Å²) < 4.78 is 1.14. The second kappa shape index (κ2) is 9.01. The maximum absolute atomic E-state index is 11.9. The van der Waals surface area contributed by atoms with Gasteiger partial charge in [-0.25, -0.2) is 4.79 Å². The van der Waals surface area contributed by atoms with Crippen LogP contribution in [0.15, 0.2) is 30.3 Å². The molecule has 132 valence electrons. The maximum atomic E-state index is 11.9. The molecular weight excluding hydrogens is 322 g/mol. The molecule has 3 N–H and O–H groups in total. The van der Waals surface area contributed by atoms with E-state index in [1.807, 2.05) is 30.3 Å². The number of thiophene rings is 1. The third-order valence-electron chi connectivity index (χ3n) is 4.22. The van der Waals surface area contributed by atoms with Crippen molar-refractivity contribution in [1.29, 1.82) is 0 Å². The quantitative estimate of drug-likeness (QED) is 0.686. The van der Waals surface area contributed by atoms with Gasteiger partial charge in [0.25, 0.3) is 0 Å². The molecule has 1 aromatic heterocycles. The molecule has 0 spiro atoms. The van der Waals surface area contributed by atoms with Gasteiger partial charge in [0.15, 0.2) is 0 Å². The number of rotatable bonds is 8. The number of nitrogens with one attached hydrogen (secondary N) is 2. The van der Waals surface area contributed by atoms with E-state index in [2.05, 4.69) is 36.3 Å². The fourth-order valence-electron chi connectivity index (χ4n) is 2.74. The van der Waals surface area contributed by atoms with Gasteiger partial charge in [-0.1, -0.05) is 32.0 Å². The van der Waals surface area contributed by atoms with Crippen LogP contribution < -0.4 is 10.6 Å². The molecule has 0 aliphatic heterocycles. The van der Waals surface area contributed by atoms with Crippen LogP contribution in [-0.4, -0.2) is 48.3 Å². The lowest BCUT2D eigenvalue weighted by Gasteiger charge is -2.26. The summed E-state index contributed by atoms with van der Waals surface area (Å²) in [5, 5.41) is 17.0. The smallest absolute Gasteiger partial charge is 0.314 e. The average Bonchev–Trinajstić information content (AvgIpc) is 3.03. The monoisotopic (exact) mass is 349 g/mol. The number of hydrogen-bond acceptors (Lipinski definition) is 4. The second-order valence-corrected chi connectivity index (χ2v) is 6.98. The van der Waals surface area contributed by atoms with Crippen LogP contribution in [-0.2, 0) is 0 Å². The third-order valence-corrected chi connectivity index (χ3v) is 5.44. The SMILES string of the molecule is CCN(CC)C(C)CNC(=O)NCC(O)c1cc2ccccc2s1. The Bertz CT molecular complexity index is 622. The molecule has 0 radical (unpaired) electrons. The van der Waals surface area contributed by atoms with E-state index in [4.69, 9.17) is 0 Å². The Hall–Kier alpha value is -1.63. The molecule has 2 unspecified atom stereocenters. The highest BCUT2D eigenvalue weighted by Gasteiger charge is 2.14. The van der Waals surface area contributed by atoms with Gasteiger partial charge in [-0.15, -0.1) is 11.3 Å². The first kappa shape index (κ1) is 18.7. The Kier molecular flexibility index (Phi) is 7.02. The molecule has 0 aliphatic carbocycles. The molecule has 6 heteroatoms. The van der Waals surface area contributed by atoms with E-state index in [-0.39, 0.29) is 12.6 Å². The Labute approximate surface area is 147 Å². The van der Waals surface area contributed by atoms with Crippen molar-refractivity contribution in [2.75, 3.05) is 26.2 Å². The number of aliphatic hydroxyl groups is 1. The molecule has 1 heterocycles. The number of urea groups is 1. The largest absolute Gasteiger partial charge is 0.386 e. The van der Waals surface area contributed by atoms with Gasteiger partial charge in [-0.05, 0) is 37.5 Å². The van der Waals surface area contributed by atoms with Crippen LogP contribution >= 0.6 is 11.3 Å². The van der Waals surface area contributed by atoms with Crippen LogP contribution in [0.3, 0.4) is 0 Å². The summed E-state index contributed by atoms with van der Waals surface area (Å²) in [4.78, 5) is 15.1. The van der Waals surface area contributed by atoms with Gasteiger partial charge in [0.1, 0.15) is 6.10 Å². The zero-order valence-electron chi connectivity index (χ0n) is 14.6. The summed E-state index contributed by atoms with van der Waals surface area (Å²) in [5.74, 6) is 0. The zero-order valence-corrected chi connectivity index (χ0v) is 15.4. The van der Waals surface area contributed by atoms with Gasteiger partial charge in [-0.2, -0.15) is 0 Å². The number of likely N-dealkylation sites (N-methyl/N-ethyl adjacent to an activating group) is 1. The molecule has 0 saturated carbocycles. The standard InChI is InChI=1S/C18H27N3O2S/c1-4-21(5-2)13(3)11-19-18(23)20-12-15(22)17-10-14-8-6-7-9-16(14)24-17/h6-10,13,15,22H,4-5,11-12H2,1-3H3,(H2,19,20,23). The van der Waals surface area contributed by atoms with Crippen molar-refractivity contribution in [1.82, 2.24) is 15.5 Å². The van der Waals surface area contributed by atoms with E-state index in [9.17, 15) is 9.90 Å². The lowest BCUT2D eigenvalue weighted by Crippen LogP contribution is -2.45. The average molecular weight is 350 g/mol. The van der Waals surface area contributed by atoms with Gasteiger partial charge >= 0.3 is 6.03 Å². The first-order valence-electron chi connectivity index (χ1n) is 8.47. The molecule has 2 amide bonds. The zero-order chi connectivity index (χ0) is 17.5. The van der Waals surface area contributed by atoms with Crippen molar-refractivity contribution in [2.45, 2.75) is 32.9 Å². The summed E-state index contributed by atoms with van der Waals surface area (Å²) in [6.07, 6.45) is -0.687. The van der Waals surface area contributed by atoms with Crippen LogP contribution in [0.1, 0.15) is 31.8 Å². The predicted molar refractivity (Wildman–Crippen MR) is 101 cm³/mol. The van der Waals surface area contributed by atoms with Gasteiger partial charge in [-0.3, -0.25) is 4.90 Å². The Morgan fingerprint density at radius 3 is 2.54 bits per heavy atom. The summed E-state index contributed by atoms with van der Waals surface area (Å²) in [6.45, 7) is 9.05. The molecular formula is C18H27N3O2S. The van der Waals surface area contributed by atoms with E-state index in [1.54, 1.807) is 11.3 Å². The highest BCUT2D eigenvalue weighted by Crippen LogP contribution is 2.29. The first-order valence-corrected chi connectivity index (χ1v) is 9.29. The molecule has 0 bridgehead atoms. The Balaban J connectivity index is 1.78. The summed E-state index contributed by atoms with van der Waals surface area (Å²) in [5.41, 5.74) is 0. The number of aliphatic hydroxyl groups excluding tert-OH is 1. The van der Waals surface area contributed by atoms with Gasteiger partial charge in [0, 0.05) is 22.2 Å². The second-order valence-electron chi connectivity index (χ2n) is 5.86. The van der Waals surface area contributed by atoms with Crippen LogP contribution in [0.25, 0.3) is 10.1 Å². The van der Waals surface area contributed by atoms with E-state index < -0.39 is 6.10 Å². The summed E-state index contributed by atoms with van der Waals surface area (Å²) >= 11 is 1.56. The number of fused-ring (bicyclic) bond motifs is 1. The first-order chi connectivity index (χ1) is 11.5. The van der Waals surface area contributed by atoms with Crippen LogP contribution in [0.2, 0.25) is 0 Å². The minimum Gasteiger partial charge on any atom is -0.386 e. The van der Waals surface area contributed by atoms with Crippen molar-refractivity contribution in [3.8, 4) is 0 Å². The molecule has 24 heavy (non-hydrogen) atoms. The lowest BCUT2D eigenvalue weighted by molar-refractivity contribution is 0.175. The van der Waals surface area contributed by atoms with Crippen molar-refractivity contribution in [2.24, 2.45) is 0 Å². The number of benzene rings is 1. The molecule has 0 aliphatic rings. The summed E-state index contributed by atoms with van der Waals surface area (Å²) in [6, 6.07) is 10.0. The molecule has 1 aromatic carbocycles. The van der Waals surface area contributed by atoms with Gasteiger partial charge in [0.2, 0.25) is 0 Å². The fraction of sp³-hybridized carbons (Fsp3) is 0.500. The van der Waals surface area contributed by atoms with Crippen molar-refractivity contribution < 1.29 is 9.90 Å². The predicted octanol–water partition coefficient (Wildman–Crippen LogP) is 2.96. The number of carbonyl (C=O) groups is 1. The van der Waals surface area contributed by atoms with Gasteiger partial charge < -0.3 is 15.7 Å². The highest BCUT2D eigenvalue weighted by molar-refractivity contribution is 7.19. The summed E-state index contributed by atoms with van der Waals surface area (Å²) in [7, 11) is 0. The van der Waals surface area contributed by atoms with Crippen LogP contribution in [0.5, 0.6) is 0 Å². The Morgan fingerprint density at radius 1 is 1.21 bits per heavy atom. The normalized spacial score (nSPS) is 13.9. The molecule has 2 atom stereocenters. The number of hydrogen-bond donors (Lipinski definition) is 3. The third kappa shape index (κ3) is 4.93. The van der Waals surface area contributed by atoms with E-state index >= 15 is 0 Å².